The molecule has 0 aromatic heterocycles. The minimum atomic E-state index is -1.60. The molecule has 2 atom stereocenters. The average molecular weight is 270 g/mol. The first-order chi connectivity index (χ1) is 8.10. The molecule has 2 nitrogen and oxygen atoms in total. The fourth-order valence-corrected chi connectivity index (χ4v) is 3.31. The second kappa shape index (κ2) is 5.47. The molecule has 1 fully saturated rings. The van der Waals surface area contributed by atoms with Gasteiger partial charge in [0, 0.05) is 18.2 Å². The van der Waals surface area contributed by atoms with Crippen LogP contribution in [0.4, 0.5) is 0 Å². The van der Waals surface area contributed by atoms with Gasteiger partial charge in [0.15, 0.2) is 8.32 Å². The Kier molecular flexibility index (Phi) is 4.85. The van der Waals surface area contributed by atoms with Crippen molar-refractivity contribution in [1.82, 2.24) is 5.32 Å². The SMILES string of the molecule is C=CC[C@@]1(C)CC[C@@H](CO[Si](C)(C)C(C)(C)C)N1. The summed E-state index contributed by atoms with van der Waals surface area (Å²) in [7, 11) is -1.60. The number of hydrogen-bond donors (Lipinski definition) is 1. The summed E-state index contributed by atoms with van der Waals surface area (Å²) in [6.07, 6.45) is 5.51. The number of nitrogens with one attached hydrogen (secondary N) is 1. The Hall–Kier alpha value is -0.123. The molecule has 1 aliphatic rings. The van der Waals surface area contributed by atoms with Crippen molar-refractivity contribution in [2.75, 3.05) is 6.61 Å². The van der Waals surface area contributed by atoms with Crippen LogP contribution in [0.3, 0.4) is 0 Å². The van der Waals surface area contributed by atoms with E-state index in [-0.39, 0.29) is 5.54 Å². The molecule has 1 N–H and O–H groups in total. The standard InChI is InChI=1S/C15H31NOSi/c1-8-10-15(5)11-9-13(16-15)12-17-18(6,7)14(2,3)4/h8,13,16H,1,9-12H2,2-7H3/t13-,15-/m0/s1. The van der Waals surface area contributed by atoms with Crippen molar-refractivity contribution in [2.45, 2.75) is 76.7 Å². The van der Waals surface area contributed by atoms with E-state index in [1.807, 2.05) is 6.08 Å². The molecule has 0 saturated carbocycles. The smallest absolute Gasteiger partial charge is 0.192 e. The van der Waals surface area contributed by atoms with Crippen molar-refractivity contribution < 1.29 is 4.43 Å². The first kappa shape index (κ1) is 15.9. The molecule has 0 aromatic rings. The van der Waals surface area contributed by atoms with Crippen molar-refractivity contribution >= 4 is 8.32 Å². The summed E-state index contributed by atoms with van der Waals surface area (Å²) in [5.74, 6) is 0. The van der Waals surface area contributed by atoms with Gasteiger partial charge in [-0.1, -0.05) is 26.8 Å². The fraction of sp³-hybridized carbons (Fsp3) is 0.867. The summed E-state index contributed by atoms with van der Waals surface area (Å²) in [5, 5.41) is 4.02. The lowest BCUT2D eigenvalue weighted by atomic mass is 9.96. The molecule has 0 radical (unpaired) electrons. The Balaban J connectivity index is 2.45. The second-order valence-electron chi connectivity index (χ2n) is 7.50. The van der Waals surface area contributed by atoms with Crippen molar-refractivity contribution in [1.29, 1.82) is 0 Å². The molecule has 3 heteroatoms. The van der Waals surface area contributed by atoms with E-state index >= 15 is 0 Å². The number of hydrogen-bond acceptors (Lipinski definition) is 2. The van der Waals surface area contributed by atoms with Gasteiger partial charge in [-0.2, -0.15) is 0 Å². The maximum absolute atomic E-state index is 6.30. The molecule has 0 spiro atoms. The van der Waals surface area contributed by atoms with E-state index in [0.717, 1.165) is 13.0 Å². The predicted molar refractivity (Wildman–Crippen MR) is 82.5 cm³/mol. The van der Waals surface area contributed by atoms with Crippen molar-refractivity contribution in [3.63, 3.8) is 0 Å². The maximum Gasteiger partial charge on any atom is 0.192 e. The fourth-order valence-electron chi connectivity index (χ4n) is 2.26. The van der Waals surface area contributed by atoms with Gasteiger partial charge in [0.1, 0.15) is 0 Å². The Bertz CT molecular complexity index is 295. The van der Waals surface area contributed by atoms with Crippen LogP contribution in [0.1, 0.15) is 47.0 Å². The van der Waals surface area contributed by atoms with Crippen LogP contribution in [0.15, 0.2) is 12.7 Å². The molecule has 0 unspecified atom stereocenters. The summed E-state index contributed by atoms with van der Waals surface area (Å²) in [6, 6.07) is 0.518. The normalized spacial score (nSPS) is 29.6. The summed E-state index contributed by atoms with van der Waals surface area (Å²) >= 11 is 0. The van der Waals surface area contributed by atoms with Crippen molar-refractivity contribution in [2.24, 2.45) is 0 Å². The van der Waals surface area contributed by atoms with E-state index in [9.17, 15) is 0 Å². The lowest BCUT2D eigenvalue weighted by Crippen LogP contribution is -2.46. The van der Waals surface area contributed by atoms with Gasteiger partial charge < -0.3 is 9.74 Å². The highest BCUT2D eigenvalue weighted by Crippen LogP contribution is 2.37. The zero-order valence-corrected chi connectivity index (χ0v) is 14.1. The molecule has 0 bridgehead atoms. The lowest BCUT2D eigenvalue weighted by molar-refractivity contribution is 0.242. The third-order valence-corrected chi connectivity index (χ3v) is 9.14. The quantitative estimate of drug-likeness (QED) is 0.599. The van der Waals surface area contributed by atoms with E-state index < -0.39 is 8.32 Å². The maximum atomic E-state index is 6.30. The molecule has 0 amide bonds. The van der Waals surface area contributed by atoms with Crippen LogP contribution < -0.4 is 5.32 Å². The van der Waals surface area contributed by atoms with Crippen molar-refractivity contribution in [3.05, 3.63) is 12.7 Å². The van der Waals surface area contributed by atoms with Crippen LogP contribution in [0, 0.1) is 0 Å². The summed E-state index contributed by atoms with van der Waals surface area (Å²) in [4.78, 5) is 0. The molecular formula is C15H31NOSi. The van der Waals surface area contributed by atoms with E-state index in [0.29, 0.717) is 11.1 Å². The molecule has 18 heavy (non-hydrogen) atoms. The first-order valence-corrected chi connectivity index (χ1v) is 10.0. The molecular weight excluding hydrogens is 238 g/mol. The molecule has 0 aromatic carbocycles. The van der Waals surface area contributed by atoms with Crippen LogP contribution in [0.25, 0.3) is 0 Å². The average Bonchev–Trinajstić information content (AvgIpc) is 2.56. The topological polar surface area (TPSA) is 21.3 Å². The van der Waals surface area contributed by atoms with Crippen LogP contribution in [0.5, 0.6) is 0 Å². The molecule has 1 aliphatic heterocycles. The highest BCUT2D eigenvalue weighted by molar-refractivity contribution is 6.74. The monoisotopic (exact) mass is 269 g/mol. The summed E-state index contributed by atoms with van der Waals surface area (Å²) in [6.45, 7) is 18.5. The minimum absolute atomic E-state index is 0.239. The van der Waals surface area contributed by atoms with Gasteiger partial charge in [-0.3, -0.25) is 0 Å². The molecule has 1 saturated heterocycles. The largest absolute Gasteiger partial charge is 0.415 e. The Labute approximate surface area is 114 Å². The van der Waals surface area contributed by atoms with Gasteiger partial charge in [0.05, 0.1) is 0 Å². The van der Waals surface area contributed by atoms with E-state index in [1.54, 1.807) is 0 Å². The van der Waals surface area contributed by atoms with Gasteiger partial charge in [-0.15, -0.1) is 6.58 Å². The summed E-state index contributed by atoms with van der Waals surface area (Å²) in [5.41, 5.74) is 0.239. The predicted octanol–water partition coefficient (Wildman–Crippen LogP) is 4.10. The van der Waals surface area contributed by atoms with Crippen LogP contribution >= 0.6 is 0 Å². The van der Waals surface area contributed by atoms with Crippen molar-refractivity contribution in [3.8, 4) is 0 Å². The molecule has 1 heterocycles. The lowest BCUT2D eigenvalue weighted by Gasteiger charge is -2.37. The van der Waals surface area contributed by atoms with Gasteiger partial charge >= 0.3 is 0 Å². The van der Waals surface area contributed by atoms with Gasteiger partial charge in [0.25, 0.3) is 0 Å². The molecule has 106 valence electrons. The van der Waals surface area contributed by atoms with Crippen LogP contribution in [-0.2, 0) is 4.43 Å². The highest BCUT2D eigenvalue weighted by Gasteiger charge is 2.39. The Morgan fingerprint density at radius 3 is 2.56 bits per heavy atom. The Morgan fingerprint density at radius 2 is 2.06 bits per heavy atom. The highest BCUT2D eigenvalue weighted by atomic mass is 28.4. The van der Waals surface area contributed by atoms with Gasteiger partial charge in [-0.05, 0) is 44.3 Å². The zero-order chi connectivity index (χ0) is 14.0. The minimum Gasteiger partial charge on any atom is -0.415 e. The van der Waals surface area contributed by atoms with Crippen LogP contribution in [0.2, 0.25) is 18.1 Å². The Morgan fingerprint density at radius 1 is 1.44 bits per heavy atom. The van der Waals surface area contributed by atoms with Gasteiger partial charge in [0.2, 0.25) is 0 Å². The van der Waals surface area contributed by atoms with E-state index in [1.165, 1.54) is 12.8 Å². The van der Waals surface area contributed by atoms with Crippen LogP contribution in [-0.4, -0.2) is 26.5 Å². The third kappa shape index (κ3) is 3.94. The van der Waals surface area contributed by atoms with E-state index in [4.69, 9.17) is 4.43 Å². The molecule has 0 aliphatic carbocycles. The second-order valence-corrected chi connectivity index (χ2v) is 12.3. The third-order valence-electron chi connectivity index (χ3n) is 4.64. The van der Waals surface area contributed by atoms with Gasteiger partial charge in [-0.25, -0.2) is 0 Å². The first-order valence-electron chi connectivity index (χ1n) is 7.12. The summed E-state index contributed by atoms with van der Waals surface area (Å²) < 4.78 is 6.30. The molecule has 1 rings (SSSR count). The zero-order valence-electron chi connectivity index (χ0n) is 13.1. The number of rotatable bonds is 5. The van der Waals surface area contributed by atoms with E-state index in [2.05, 4.69) is 52.7 Å².